The SMILES string of the molecule is O=C(OS(c1ccccc1)(c1ccccc1)c1ccccc1)C(F)(F)C(F)(F)C(F)(F)C(F)(F)C(F)(F)C(F)(F)C(=O)OS(c1ccccc1)(c1ccccc1)c1ccccc1. The third-order valence-corrected chi connectivity index (χ3v) is 15.8. The molecule has 0 radical (unpaired) electrons. The Morgan fingerprint density at radius 2 is 0.452 bits per heavy atom. The maximum atomic E-state index is 15.8. The number of carbonyl (C=O) groups excluding carboxylic acids is 2. The van der Waals surface area contributed by atoms with Crippen LogP contribution in [0.5, 0.6) is 0 Å². The van der Waals surface area contributed by atoms with E-state index in [1.807, 2.05) is 0 Å². The van der Waals surface area contributed by atoms with Crippen molar-refractivity contribution < 1.29 is 70.6 Å². The van der Waals surface area contributed by atoms with Gasteiger partial charge in [0.2, 0.25) is 0 Å². The lowest BCUT2D eigenvalue weighted by Crippen LogP contribution is -2.72. The largest absolute Gasteiger partial charge is 0.412 e. The Morgan fingerprint density at radius 1 is 0.290 bits per heavy atom. The van der Waals surface area contributed by atoms with Gasteiger partial charge >= 0.3 is 47.5 Å². The molecule has 4 nitrogen and oxygen atoms in total. The molecule has 326 valence electrons. The molecule has 0 bridgehead atoms. The summed E-state index contributed by atoms with van der Waals surface area (Å²) in [5, 5.41) is 0. The third kappa shape index (κ3) is 7.25. The molecular weight excluding hydrogens is 885 g/mol. The fourth-order valence-electron chi connectivity index (χ4n) is 6.15. The highest BCUT2D eigenvalue weighted by molar-refractivity contribution is 8.30. The maximum Gasteiger partial charge on any atom is 0.412 e. The van der Waals surface area contributed by atoms with Crippen LogP contribution in [-0.4, -0.2) is 47.5 Å². The Bertz CT molecular complexity index is 2100. The summed E-state index contributed by atoms with van der Waals surface area (Å²) in [6.07, 6.45) is 0. The van der Waals surface area contributed by atoms with Crippen LogP contribution in [0.1, 0.15) is 0 Å². The summed E-state index contributed by atoms with van der Waals surface area (Å²) in [5.41, 5.74) is 0. The second kappa shape index (κ2) is 16.8. The lowest BCUT2D eigenvalue weighted by Gasteiger charge is -2.43. The molecule has 0 unspecified atom stereocenters. The smallest absolute Gasteiger partial charge is 0.397 e. The Labute approximate surface area is 349 Å². The summed E-state index contributed by atoms with van der Waals surface area (Å²) in [6.45, 7) is 0. The lowest BCUT2D eigenvalue weighted by molar-refractivity contribution is -0.416. The molecule has 0 saturated carbocycles. The van der Waals surface area contributed by atoms with Crippen molar-refractivity contribution in [3.63, 3.8) is 0 Å². The molecule has 0 atom stereocenters. The normalized spacial score (nSPS) is 13.8. The van der Waals surface area contributed by atoms with Crippen molar-refractivity contribution in [3.05, 3.63) is 182 Å². The molecule has 0 aliphatic heterocycles. The summed E-state index contributed by atoms with van der Waals surface area (Å²) in [4.78, 5) is 25.5. The van der Waals surface area contributed by atoms with Gasteiger partial charge in [0.25, 0.3) is 0 Å². The Hall–Kier alpha value is -5.88. The molecule has 0 fully saturated rings. The molecule has 18 heteroatoms. The van der Waals surface area contributed by atoms with Gasteiger partial charge < -0.3 is 8.37 Å². The molecule has 62 heavy (non-hydrogen) atoms. The van der Waals surface area contributed by atoms with Crippen molar-refractivity contribution >= 4 is 32.6 Å². The van der Waals surface area contributed by atoms with Gasteiger partial charge in [0, 0.05) is 29.4 Å². The molecule has 0 N–H and O–H groups in total. The minimum atomic E-state index is -8.23. The van der Waals surface area contributed by atoms with Crippen molar-refractivity contribution in [2.24, 2.45) is 0 Å². The minimum absolute atomic E-state index is 0.189. The van der Waals surface area contributed by atoms with Crippen LogP contribution in [-0.2, 0) is 18.0 Å². The number of hydrogen-bond acceptors (Lipinski definition) is 4. The van der Waals surface area contributed by atoms with Gasteiger partial charge in [-0.1, -0.05) is 109 Å². The van der Waals surface area contributed by atoms with Crippen molar-refractivity contribution in [2.75, 3.05) is 0 Å². The van der Waals surface area contributed by atoms with Crippen LogP contribution in [0.25, 0.3) is 0 Å². The summed E-state index contributed by atoms with van der Waals surface area (Å²) in [5.74, 6) is -53.9. The van der Waals surface area contributed by atoms with Gasteiger partial charge in [-0.2, -0.15) is 52.7 Å². The molecule has 0 heterocycles. The first-order valence-electron chi connectivity index (χ1n) is 17.9. The van der Waals surface area contributed by atoms with Crippen LogP contribution in [0.4, 0.5) is 52.7 Å². The first kappa shape index (κ1) is 45.6. The topological polar surface area (TPSA) is 52.6 Å². The first-order chi connectivity index (χ1) is 29.1. The summed E-state index contributed by atoms with van der Waals surface area (Å²) >= 11 is 0. The van der Waals surface area contributed by atoms with Crippen LogP contribution >= 0.6 is 20.6 Å². The average Bonchev–Trinajstić information content (AvgIpc) is 3.28. The predicted octanol–water partition coefficient (Wildman–Crippen LogP) is 13.7. The molecule has 0 aliphatic rings. The zero-order chi connectivity index (χ0) is 45.2. The summed E-state index contributed by atoms with van der Waals surface area (Å²) < 4.78 is 198. The van der Waals surface area contributed by atoms with Crippen molar-refractivity contribution in [2.45, 2.75) is 64.9 Å². The van der Waals surface area contributed by atoms with Gasteiger partial charge in [0.15, 0.2) is 0 Å². The zero-order valence-electron chi connectivity index (χ0n) is 31.3. The fraction of sp³-hybridized carbons (Fsp3) is 0.136. The zero-order valence-corrected chi connectivity index (χ0v) is 32.9. The maximum absolute atomic E-state index is 15.8. The van der Waals surface area contributed by atoms with Gasteiger partial charge in [-0.05, 0) is 93.4 Å². The highest BCUT2D eigenvalue weighted by Gasteiger charge is 2.93. The number of alkyl halides is 12. The number of benzene rings is 6. The van der Waals surface area contributed by atoms with E-state index in [1.165, 1.54) is 182 Å². The van der Waals surface area contributed by atoms with Gasteiger partial charge in [0.05, 0.1) is 0 Å². The van der Waals surface area contributed by atoms with Crippen LogP contribution in [0.3, 0.4) is 0 Å². The molecule has 0 aromatic heterocycles. The number of hydrogen-bond donors (Lipinski definition) is 0. The second-order valence-corrected chi connectivity index (χ2v) is 18.6. The van der Waals surface area contributed by atoms with Crippen LogP contribution in [0.2, 0.25) is 0 Å². The molecule has 6 aromatic rings. The molecule has 6 aromatic carbocycles. The summed E-state index contributed by atoms with van der Waals surface area (Å²) in [7, 11) is -8.06. The van der Waals surface area contributed by atoms with Gasteiger partial charge in [-0.25, -0.2) is 9.59 Å². The van der Waals surface area contributed by atoms with E-state index in [0.717, 1.165) is 0 Å². The van der Waals surface area contributed by atoms with Crippen LogP contribution in [0.15, 0.2) is 211 Å². The molecule has 6 rings (SSSR count). The minimum Gasteiger partial charge on any atom is -0.397 e. The highest BCUT2D eigenvalue weighted by atomic mass is 32.3. The predicted molar refractivity (Wildman–Crippen MR) is 205 cm³/mol. The van der Waals surface area contributed by atoms with Crippen molar-refractivity contribution in [1.82, 2.24) is 0 Å². The van der Waals surface area contributed by atoms with Crippen molar-refractivity contribution in [3.8, 4) is 0 Å². The Morgan fingerprint density at radius 3 is 0.613 bits per heavy atom. The van der Waals surface area contributed by atoms with Crippen molar-refractivity contribution in [1.29, 1.82) is 0 Å². The quantitative estimate of drug-likeness (QED) is 0.0963. The Kier molecular flexibility index (Phi) is 12.3. The van der Waals surface area contributed by atoms with Gasteiger partial charge in [-0.3, -0.25) is 0 Å². The van der Waals surface area contributed by atoms with E-state index in [4.69, 9.17) is 8.37 Å². The summed E-state index contributed by atoms with van der Waals surface area (Å²) in [6, 6.07) is 38.3. The Balaban J connectivity index is 1.41. The van der Waals surface area contributed by atoms with Gasteiger partial charge in [0.1, 0.15) is 0 Å². The molecule has 0 amide bonds. The van der Waals surface area contributed by atoms with Gasteiger partial charge in [-0.15, -0.1) is 0 Å². The lowest BCUT2D eigenvalue weighted by atomic mass is 9.91. The van der Waals surface area contributed by atoms with E-state index < -0.39 is 68.1 Å². The van der Waals surface area contributed by atoms with E-state index in [-0.39, 0.29) is 29.4 Å². The molecule has 0 spiro atoms. The number of rotatable bonds is 15. The van der Waals surface area contributed by atoms with E-state index in [9.17, 15) is 9.59 Å². The van der Waals surface area contributed by atoms with E-state index in [0.29, 0.717) is 0 Å². The standard InChI is InChI=1S/C44H30F12O4S2/c45-39(46,37(57)59-61(31-19-7-1-8-20-31,32-21-9-2-10-22-32)33-23-11-3-12-24-33)41(49,50)43(53,54)44(55,56)42(51,52)40(47,48)38(58)60-62(34-25-13-4-14-26-34,35-27-15-5-16-28-35)36-29-17-6-18-30-36/h1-30H. The van der Waals surface area contributed by atoms with E-state index >= 15 is 52.7 Å². The van der Waals surface area contributed by atoms with E-state index in [1.54, 1.807) is 0 Å². The monoisotopic (exact) mass is 914 g/mol. The fourth-order valence-corrected chi connectivity index (χ4v) is 12.3. The second-order valence-electron chi connectivity index (χ2n) is 13.2. The highest BCUT2D eigenvalue weighted by Crippen LogP contribution is 2.72. The number of halogens is 12. The van der Waals surface area contributed by atoms with Crippen LogP contribution in [0, 0.1) is 0 Å². The molecule has 0 aliphatic carbocycles. The van der Waals surface area contributed by atoms with E-state index in [2.05, 4.69) is 0 Å². The molecular formula is C44H30F12O4S2. The average molecular weight is 915 g/mol. The van der Waals surface area contributed by atoms with Crippen LogP contribution < -0.4 is 0 Å². The first-order valence-corrected chi connectivity index (χ1v) is 21.0. The number of carbonyl (C=O) groups is 2. The third-order valence-electron chi connectivity index (χ3n) is 9.34. The molecule has 0 saturated heterocycles.